The van der Waals surface area contributed by atoms with Crippen molar-refractivity contribution >= 4 is 0 Å². The third-order valence-electron chi connectivity index (χ3n) is 1.59. The molecule has 0 aliphatic heterocycles. The predicted molar refractivity (Wildman–Crippen MR) is 47.0 cm³/mol. The predicted octanol–water partition coefficient (Wildman–Crippen LogP) is -0.166. The molecule has 0 amide bonds. The van der Waals surface area contributed by atoms with Gasteiger partial charge in [-0.15, -0.1) is 0 Å². The van der Waals surface area contributed by atoms with Crippen LogP contribution in [0.1, 0.15) is 18.4 Å². The quantitative estimate of drug-likeness (QED) is 0.656. The average Bonchev–Trinajstić information content (AvgIpc) is 2.04. The number of hydrogen-bond donors (Lipinski definition) is 2. The van der Waals surface area contributed by atoms with Gasteiger partial charge in [-0.3, -0.25) is 4.79 Å². The number of nitrogens with one attached hydrogen (secondary N) is 1. The Morgan fingerprint density at radius 2 is 2.42 bits per heavy atom. The van der Waals surface area contributed by atoms with E-state index in [9.17, 15) is 4.79 Å². The monoisotopic (exact) mass is 167 g/mol. The molecule has 0 unspecified atom stereocenters. The number of hydrogen-bond acceptors (Lipinski definition) is 3. The van der Waals surface area contributed by atoms with Crippen molar-refractivity contribution in [3.8, 4) is 0 Å². The van der Waals surface area contributed by atoms with E-state index >= 15 is 0 Å². The van der Waals surface area contributed by atoms with E-state index in [2.05, 4.69) is 9.97 Å². The molecule has 4 heteroatoms. The summed E-state index contributed by atoms with van der Waals surface area (Å²) >= 11 is 0. The lowest BCUT2D eigenvalue weighted by Crippen LogP contribution is -2.15. The molecule has 0 aromatic carbocycles. The van der Waals surface area contributed by atoms with Gasteiger partial charge in [0.25, 0.3) is 5.56 Å². The second-order valence-electron chi connectivity index (χ2n) is 2.58. The molecule has 4 nitrogen and oxygen atoms in total. The topological polar surface area (TPSA) is 71.8 Å². The Bertz CT molecular complexity index is 305. The van der Waals surface area contributed by atoms with Crippen molar-refractivity contribution in [1.82, 2.24) is 9.97 Å². The third-order valence-corrected chi connectivity index (χ3v) is 1.59. The van der Waals surface area contributed by atoms with Crippen LogP contribution in [0.15, 0.2) is 10.9 Å². The number of rotatable bonds is 3. The van der Waals surface area contributed by atoms with Crippen molar-refractivity contribution < 1.29 is 0 Å². The summed E-state index contributed by atoms with van der Waals surface area (Å²) in [6.07, 6.45) is 1.41. The smallest absolute Gasteiger partial charge is 0.251 e. The van der Waals surface area contributed by atoms with Gasteiger partial charge in [-0.2, -0.15) is 0 Å². The molecule has 0 aliphatic carbocycles. The van der Waals surface area contributed by atoms with Gasteiger partial charge >= 0.3 is 0 Å². The first-order valence-corrected chi connectivity index (χ1v) is 4.05. The summed E-state index contributed by atoms with van der Waals surface area (Å²) in [7, 11) is 0. The molecule has 0 spiro atoms. The van der Waals surface area contributed by atoms with E-state index in [1.54, 1.807) is 0 Å². The fourth-order valence-electron chi connectivity index (χ4n) is 0.999. The second kappa shape index (κ2) is 4.01. The molecule has 12 heavy (non-hydrogen) atoms. The van der Waals surface area contributed by atoms with E-state index in [1.165, 1.54) is 6.07 Å². The second-order valence-corrected chi connectivity index (χ2v) is 2.58. The van der Waals surface area contributed by atoms with Crippen LogP contribution in [0, 0.1) is 0 Å². The van der Waals surface area contributed by atoms with Crippen molar-refractivity contribution in [3.05, 3.63) is 27.9 Å². The molecule has 0 saturated carbocycles. The summed E-state index contributed by atoms with van der Waals surface area (Å²) in [4.78, 5) is 17.9. The first-order chi connectivity index (χ1) is 5.76. The minimum atomic E-state index is -0.0923. The number of H-pyrrole nitrogens is 1. The Balaban J connectivity index is 2.98. The van der Waals surface area contributed by atoms with Gasteiger partial charge in [0.1, 0.15) is 5.82 Å². The number of nitrogens with zero attached hydrogens (tertiary/aromatic N) is 1. The summed E-state index contributed by atoms with van der Waals surface area (Å²) in [6, 6.07) is 1.51. The third kappa shape index (κ3) is 2.17. The zero-order chi connectivity index (χ0) is 8.97. The van der Waals surface area contributed by atoms with Crippen LogP contribution in [-0.4, -0.2) is 16.5 Å². The minimum absolute atomic E-state index is 0.0923. The Morgan fingerprint density at radius 3 is 3.00 bits per heavy atom. The van der Waals surface area contributed by atoms with E-state index in [4.69, 9.17) is 5.73 Å². The molecule has 3 N–H and O–H groups in total. The fourth-order valence-corrected chi connectivity index (χ4v) is 0.999. The molecule has 0 radical (unpaired) electrons. The highest BCUT2D eigenvalue weighted by atomic mass is 16.1. The SMILES string of the molecule is CCc1cc(=O)[nH]c(CCN)n1. The van der Waals surface area contributed by atoms with Crippen LogP contribution in [0.4, 0.5) is 0 Å². The highest BCUT2D eigenvalue weighted by Gasteiger charge is 1.97. The summed E-state index contributed by atoms with van der Waals surface area (Å²) in [5, 5.41) is 0. The molecule has 1 heterocycles. The zero-order valence-electron chi connectivity index (χ0n) is 7.13. The van der Waals surface area contributed by atoms with Crippen LogP contribution in [0.5, 0.6) is 0 Å². The summed E-state index contributed by atoms with van der Waals surface area (Å²) in [6.45, 7) is 2.48. The van der Waals surface area contributed by atoms with Gasteiger partial charge in [0.05, 0.1) is 0 Å². The molecular formula is C8H13N3O. The number of nitrogens with two attached hydrogens (primary N) is 1. The van der Waals surface area contributed by atoms with Gasteiger partial charge in [0.2, 0.25) is 0 Å². The molecule has 0 aliphatic rings. The molecule has 1 rings (SSSR count). The minimum Gasteiger partial charge on any atom is -0.330 e. The summed E-state index contributed by atoms with van der Waals surface area (Å²) in [5.74, 6) is 0.682. The Labute approximate surface area is 70.8 Å². The maximum atomic E-state index is 11.0. The van der Waals surface area contributed by atoms with Crippen molar-refractivity contribution in [2.45, 2.75) is 19.8 Å². The molecule has 1 aromatic heterocycles. The molecule has 0 fully saturated rings. The highest BCUT2D eigenvalue weighted by Crippen LogP contribution is 1.92. The maximum Gasteiger partial charge on any atom is 0.251 e. The molecule has 66 valence electrons. The largest absolute Gasteiger partial charge is 0.330 e. The van der Waals surface area contributed by atoms with Crippen LogP contribution in [0.3, 0.4) is 0 Å². The van der Waals surface area contributed by atoms with Gasteiger partial charge in [-0.25, -0.2) is 4.98 Å². The lowest BCUT2D eigenvalue weighted by Gasteiger charge is -1.99. The standard InChI is InChI=1S/C8H13N3O/c1-2-6-5-8(12)11-7(10-6)3-4-9/h5H,2-4,9H2,1H3,(H,10,11,12). The Morgan fingerprint density at radius 1 is 1.67 bits per heavy atom. The van der Waals surface area contributed by atoms with E-state index < -0.39 is 0 Å². The van der Waals surface area contributed by atoms with Crippen molar-refractivity contribution in [2.24, 2.45) is 5.73 Å². The van der Waals surface area contributed by atoms with Gasteiger partial charge in [0, 0.05) is 18.2 Å². The molecule has 1 aromatic rings. The van der Waals surface area contributed by atoms with Gasteiger partial charge in [0.15, 0.2) is 0 Å². The summed E-state index contributed by atoms with van der Waals surface area (Å²) in [5.41, 5.74) is 6.07. The van der Waals surface area contributed by atoms with Crippen LogP contribution in [0.2, 0.25) is 0 Å². The lowest BCUT2D eigenvalue weighted by molar-refractivity contribution is 0.828. The number of aromatic nitrogens is 2. The van der Waals surface area contributed by atoms with Crippen LogP contribution in [0.25, 0.3) is 0 Å². The van der Waals surface area contributed by atoms with Gasteiger partial charge in [-0.1, -0.05) is 6.92 Å². The number of aromatic amines is 1. The van der Waals surface area contributed by atoms with Crippen molar-refractivity contribution in [1.29, 1.82) is 0 Å². The van der Waals surface area contributed by atoms with Crippen LogP contribution < -0.4 is 11.3 Å². The Hall–Kier alpha value is -1.16. The molecule has 0 bridgehead atoms. The van der Waals surface area contributed by atoms with E-state index in [1.807, 2.05) is 6.92 Å². The first kappa shape index (κ1) is 8.93. The average molecular weight is 167 g/mol. The van der Waals surface area contributed by atoms with E-state index in [0.717, 1.165) is 12.1 Å². The van der Waals surface area contributed by atoms with Gasteiger partial charge < -0.3 is 10.7 Å². The van der Waals surface area contributed by atoms with Gasteiger partial charge in [-0.05, 0) is 13.0 Å². The molecule has 0 saturated heterocycles. The zero-order valence-corrected chi connectivity index (χ0v) is 7.13. The summed E-state index contributed by atoms with van der Waals surface area (Å²) < 4.78 is 0. The lowest BCUT2D eigenvalue weighted by atomic mass is 10.3. The van der Waals surface area contributed by atoms with E-state index in [-0.39, 0.29) is 5.56 Å². The van der Waals surface area contributed by atoms with Crippen molar-refractivity contribution in [2.75, 3.05) is 6.54 Å². The first-order valence-electron chi connectivity index (χ1n) is 4.05. The fraction of sp³-hybridized carbons (Fsp3) is 0.500. The normalized spacial score (nSPS) is 10.2. The maximum absolute atomic E-state index is 11.0. The van der Waals surface area contributed by atoms with Crippen LogP contribution in [-0.2, 0) is 12.8 Å². The van der Waals surface area contributed by atoms with Crippen LogP contribution >= 0.6 is 0 Å². The Kier molecular flexibility index (Phi) is 2.99. The molecule has 0 atom stereocenters. The van der Waals surface area contributed by atoms with E-state index in [0.29, 0.717) is 18.8 Å². The highest BCUT2D eigenvalue weighted by molar-refractivity contribution is 5.02. The molecular weight excluding hydrogens is 154 g/mol. The van der Waals surface area contributed by atoms with Crippen molar-refractivity contribution in [3.63, 3.8) is 0 Å². The number of aryl methyl sites for hydroxylation is 1.